The van der Waals surface area contributed by atoms with E-state index in [-0.39, 0.29) is 11.9 Å². The van der Waals surface area contributed by atoms with Gasteiger partial charge in [-0.15, -0.1) is 11.6 Å². The number of alkyl halides is 1. The summed E-state index contributed by atoms with van der Waals surface area (Å²) in [5.41, 5.74) is 2.37. The van der Waals surface area contributed by atoms with E-state index in [0.29, 0.717) is 12.3 Å². The van der Waals surface area contributed by atoms with Crippen LogP contribution in [0.3, 0.4) is 0 Å². The molecule has 2 aromatic rings. The molecule has 0 radical (unpaired) electrons. The molecule has 1 atom stereocenters. The van der Waals surface area contributed by atoms with Gasteiger partial charge in [0.2, 0.25) is 5.91 Å². The molecule has 0 spiro atoms. The van der Waals surface area contributed by atoms with Gasteiger partial charge in [-0.2, -0.15) is 0 Å². The topological polar surface area (TPSA) is 42.0 Å². The number of halogens is 1. The molecule has 1 aromatic heterocycles. The van der Waals surface area contributed by atoms with Crippen molar-refractivity contribution in [2.24, 2.45) is 0 Å². The van der Waals surface area contributed by atoms with Crippen molar-refractivity contribution in [1.29, 1.82) is 0 Å². The zero-order valence-electron chi connectivity index (χ0n) is 14.2. The van der Waals surface area contributed by atoms with Gasteiger partial charge in [-0.25, -0.2) is 0 Å². The van der Waals surface area contributed by atoms with Crippen molar-refractivity contribution in [2.75, 3.05) is 5.88 Å². The number of benzene rings is 1. The molecule has 1 unspecified atom stereocenters. The minimum Gasteiger partial charge on any atom is -0.345 e. The van der Waals surface area contributed by atoms with Crippen LogP contribution in [-0.4, -0.2) is 24.8 Å². The Morgan fingerprint density at radius 1 is 1.17 bits per heavy atom. The van der Waals surface area contributed by atoms with Crippen molar-refractivity contribution in [3.63, 3.8) is 0 Å². The Hall–Kier alpha value is -1.65. The van der Waals surface area contributed by atoms with Crippen molar-refractivity contribution in [1.82, 2.24) is 10.3 Å². The predicted octanol–water partition coefficient (Wildman–Crippen LogP) is 2.83. The lowest BCUT2D eigenvalue weighted by atomic mass is 9.98. The van der Waals surface area contributed by atoms with E-state index in [0.717, 1.165) is 18.4 Å². The first-order chi connectivity index (χ1) is 11.6. The molecule has 0 saturated carbocycles. The highest BCUT2D eigenvalue weighted by molar-refractivity contribution is 7.01. The zero-order valence-corrected chi connectivity index (χ0v) is 15.9. The van der Waals surface area contributed by atoms with E-state index >= 15 is 0 Å². The fourth-order valence-electron chi connectivity index (χ4n) is 3.61. The maximum atomic E-state index is 12.4. The molecule has 126 valence electrons. The minimum absolute atomic E-state index is 0.0797. The largest absolute Gasteiger partial charge is 0.345 e. The fraction of sp³-hybridized carbons (Fsp3) is 0.368. The number of carbonyl (C=O) groups is 1. The lowest BCUT2D eigenvalue weighted by molar-refractivity contribution is -0.121. The summed E-state index contributed by atoms with van der Waals surface area (Å²) in [5.74, 6) is 0.683. The quantitative estimate of drug-likeness (QED) is 0.507. The van der Waals surface area contributed by atoms with Crippen LogP contribution < -0.4 is 15.7 Å². The van der Waals surface area contributed by atoms with Crippen molar-refractivity contribution >= 4 is 36.0 Å². The normalized spacial score (nSPS) is 17.7. The molecule has 1 aliphatic heterocycles. The molecule has 0 fully saturated rings. The summed E-state index contributed by atoms with van der Waals surface area (Å²) in [6.45, 7) is 4.73. The third kappa shape index (κ3) is 3.13. The average molecular weight is 359 g/mol. The van der Waals surface area contributed by atoms with Crippen molar-refractivity contribution in [2.45, 2.75) is 38.4 Å². The number of amides is 1. The third-order valence-corrected chi connectivity index (χ3v) is 8.75. The van der Waals surface area contributed by atoms with Crippen LogP contribution in [0, 0.1) is 0 Å². The lowest BCUT2D eigenvalue weighted by Gasteiger charge is -2.38. The Bertz CT molecular complexity index is 698. The standard InChI is InChI=1S/C19H23ClN2OSi/c1-24(2)16-8-4-3-7-14(16)19(15-13-21-12-10-17(15)24)22-18(23)9-5-6-11-20/h3-4,7-8,10,12-13,19H,5-6,9,11H2,1-2H3,(H,22,23). The lowest BCUT2D eigenvalue weighted by Crippen LogP contribution is -2.60. The number of pyridine rings is 1. The molecule has 0 saturated heterocycles. The molecule has 1 aromatic carbocycles. The Labute approximate surface area is 149 Å². The van der Waals surface area contributed by atoms with Gasteiger partial charge in [-0.1, -0.05) is 37.4 Å². The molecule has 24 heavy (non-hydrogen) atoms. The van der Waals surface area contributed by atoms with Gasteiger partial charge in [0.15, 0.2) is 0 Å². The highest BCUT2D eigenvalue weighted by Gasteiger charge is 2.39. The van der Waals surface area contributed by atoms with Crippen LogP contribution in [0.2, 0.25) is 13.1 Å². The first kappa shape index (κ1) is 17.2. The van der Waals surface area contributed by atoms with Gasteiger partial charge in [0.25, 0.3) is 0 Å². The minimum atomic E-state index is -1.76. The molecule has 3 rings (SSSR count). The van der Waals surface area contributed by atoms with Gasteiger partial charge in [0, 0.05) is 24.7 Å². The second kappa shape index (κ2) is 7.07. The number of aromatic nitrogens is 1. The number of hydrogen-bond acceptors (Lipinski definition) is 2. The summed E-state index contributed by atoms with van der Waals surface area (Å²) in [6.07, 6.45) is 5.99. The van der Waals surface area contributed by atoms with Crippen molar-refractivity contribution in [3.8, 4) is 0 Å². The molecule has 0 bridgehead atoms. The highest BCUT2D eigenvalue weighted by atomic mass is 35.5. The summed E-state index contributed by atoms with van der Waals surface area (Å²) in [4.78, 5) is 16.7. The third-order valence-electron chi connectivity index (χ3n) is 4.87. The number of unbranched alkanes of at least 4 members (excludes halogenated alkanes) is 1. The average Bonchev–Trinajstić information content (AvgIpc) is 2.59. The van der Waals surface area contributed by atoms with Gasteiger partial charge < -0.3 is 5.32 Å². The van der Waals surface area contributed by atoms with Gasteiger partial charge in [0.05, 0.1) is 6.04 Å². The second-order valence-electron chi connectivity index (χ2n) is 6.82. The fourth-order valence-corrected chi connectivity index (χ4v) is 6.97. The summed E-state index contributed by atoms with van der Waals surface area (Å²) in [7, 11) is -1.76. The molecule has 3 nitrogen and oxygen atoms in total. The van der Waals surface area contributed by atoms with Crippen LogP contribution in [0.25, 0.3) is 0 Å². The van der Waals surface area contributed by atoms with Gasteiger partial charge in [0.1, 0.15) is 8.07 Å². The molecule has 1 N–H and O–H groups in total. The maximum absolute atomic E-state index is 12.4. The van der Waals surface area contributed by atoms with Crippen LogP contribution in [0.4, 0.5) is 0 Å². The molecular weight excluding hydrogens is 336 g/mol. The molecule has 0 aliphatic carbocycles. The van der Waals surface area contributed by atoms with Crippen LogP contribution >= 0.6 is 11.6 Å². The van der Waals surface area contributed by atoms with Crippen LogP contribution in [-0.2, 0) is 4.79 Å². The Morgan fingerprint density at radius 3 is 2.71 bits per heavy atom. The van der Waals surface area contributed by atoms with E-state index in [9.17, 15) is 4.79 Å². The number of hydrogen-bond donors (Lipinski definition) is 1. The van der Waals surface area contributed by atoms with E-state index in [2.05, 4.69) is 53.7 Å². The summed E-state index contributed by atoms with van der Waals surface area (Å²) in [6, 6.07) is 10.5. The number of nitrogens with zero attached hydrogens (tertiary/aromatic N) is 1. The van der Waals surface area contributed by atoms with E-state index < -0.39 is 8.07 Å². The molecule has 2 heterocycles. The Morgan fingerprint density at radius 2 is 1.92 bits per heavy atom. The predicted molar refractivity (Wildman–Crippen MR) is 102 cm³/mol. The SMILES string of the molecule is C[Si]1(C)c2ccccc2C(NC(=O)CCCCCl)c2cnccc21. The van der Waals surface area contributed by atoms with Crippen LogP contribution in [0.1, 0.15) is 36.4 Å². The zero-order chi connectivity index (χ0) is 17.2. The van der Waals surface area contributed by atoms with Gasteiger partial charge in [-0.3, -0.25) is 9.78 Å². The van der Waals surface area contributed by atoms with E-state index in [1.807, 2.05) is 12.4 Å². The first-order valence-corrected chi connectivity index (χ1v) is 12.0. The molecule has 1 aliphatic rings. The number of carbonyl (C=O) groups excluding carboxylic acids is 1. The summed E-state index contributed by atoms with van der Waals surface area (Å²) in [5, 5.41) is 5.99. The molecule has 1 amide bonds. The van der Waals surface area contributed by atoms with Crippen LogP contribution in [0.15, 0.2) is 42.7 Å². The summed E-state index contributed by atoms with van der Waals surface area (Å²) >= 11 is 5.71. The van der Waals surface area contributed by atoms with Gasteiger partial charge >= 0.3 is 0 Å². The monoisotopic (exact) mass is 358 g/mol. The van der Waals surface area contributed by atoms with Crippen molar-refractivity contribution < 1.29 is 4.79 Å². The maximum Gasteiger partial charge on any atom is 0.220 e. The second-order valence-corrected chi connectivity index (χ2v) is 11.5. The van der Waals surface area contributed by atoms with Crippen LogP contribution in [0.5, 0.6) is 0 Å². The first-order valence-electron chi connectivity index (χ1n) is 8.45. The van der Waals surface area contributed by atoms with Crippen molar-refractivity contribution in [3.05, 3.63) is 53.9 Å². The Balaban J connectivity index is 1.97. The molecular formula is C19H23ClN2OSi. The van der Waals surface area contributed by atoms with E-state index in [1.54, 1.807) is 0 Å². The summed E-state index contributed by atoms with van der Waals surface area (Å²) < 4.78 is 0. The van der Waals surface area contributed by atoms with E-state index in [4.69, 9.17) is 11.6 Å². The smallest absolute Gasteiger partial charge is 0.220 e. The number of nitrogens with one attached hydrogen (secondary N) is 1. The van der Waals surface area contributed by atoms with Gasteiger partial charge in [-0.05, 0) is 40.4 Å². The van der Waals surface area contributed by atoms with E-state index in [1.165, 1.54) is 15.9 Å². The number of rotatable bonds is 5. The number of fused-ring (bicyclic) bond motifs is 2. The highest BCUT2D eigenvalue weighted by Crippen LogP contribution is 2.27. The molecule has 5 heteroatoms. The Kier molecular flexibility index (Phi) is 5.06.